The van der Waals surface area contributed by atoms with Gasteiger partial charge in [-0.25, -0.2) is 4.39 Å². The standard InChI is InChI=1S/C10H12FNO/c1-7(12)10(13)9-5-3-2-4-8(9)6-11/h2-5,7H,6,12H2,1H3/t7-/m0/s1. The van der Waals surface area contributed by atoms with E-state index in [1.807, 2.05) is 0 Å². The van der Waals surface area contributed by atoms with Gasteiger partial charge in [0.05, 0.1) is 6.04 Å². The van der Waals surface area contributed by atoms with Gasteiger partial charge in [0.15, 0.2) is 5.78 Å². The average molecular weight is 181 g/mol. The Balaban J connectivity index is 3.06. The molecule has 1 rings (SSSR count). The summed E-state index contributed by atoms with van der Waals surface area (Å²) in [5.41, 5.74) is 6.22. The Hall–Kier alpha value is -1.22. The summed E-state index contributed by atoms with van der Waals surface area (Å²) in [6, 6.07) is 6.02. The normalized spacial score (nSPS) is 12.5. The summed E-state index contributed by atoms with van der Waals surface area (Å²) in [5.74, 6) is -0.215. The molecule has 0 saturated carbocycles. The molecular formula is C10H12FNO. The van der Waals surface area contributed by atoms with E-state index in [0.717, 1.165) is 0 Å². The Morgan fingerprint density at radius 1 is 1.54 bits per heavy atom. The fourth-order valence-electron chi connectivity index (χ4n) is 1.12. The zero-order valence-corrected chi connectivity index (χ0v) is 7.46. The van der Waals surface area contributed by atoms with Crippen LogP contribution in [0.1, 0.15) is 22.8 Å². The van der Waals surface area contributed by atoms with Gasteiger partial charge < -0.3 is 5.73 Å². The van der Waals surface area contributed by atoms with Crippen LogP contribution in [0.2, 0.25) is 0 Å². The lowest BCUT2D eigenvalue weighted by Gasteiger charge is -2.07. The van der Waals surface area contributed by atoms with Gasteiger partial charge in [0.25, 0.3) is 0 Å². The van der Waals surface area contributed by atoms with E-state index in [0.29, 0.717) is 11.1 Å². The zero-order valence-electron chi connectivity index (χ0n) is 7.46. The van der Waals surface area contributed by atoms with Gasteiger partial charge in [0, 0.05) is 5.56 Å². The predicted molar refractivity (Wildman–Crippen MR) is 49.2 cm³/mol. The lowest BCUT2D eigenvalue weighted by atomic mass is 10.0. The number of benzene rings is 1. The minimum absolute atomic E-state index is 0.215. The van der Waals surface area contributed by atoms with Crippen molar-refractivity contribution in [1.82, 2.24) is 0 Å². The average Bonchev–Trinajstić information content (AvgIpc) is 2.16. The second-order valence-electron chi connectivity index (χ2n) is 2.94. The molecule has 1 atom stereocenters. The number of Topliss-reactive ketones (excluding diaryl/α,β-unsaturated/α-hetero) is 1. The van der Waals surface area contributed by atoms with E-state index in [1.165, 1.54) is 0 Å². The first kappa shape index (κ1) is 9.86. The van der Waals surface area contributed by atoms with E-state index < -0.39 is 12.7 Å². The molecule has 0 aliphatic carbocycles. The third kappa shape index (κ3) is 2.12. The van der Waals surface area contributed by atoms with E-state index in [1.54, 1.807) is 31.2 Å². The largest absolute Gasteiger partial charge is 0.321 e. The molecule has 0 aliphatic rings. The summed E-state index contributed by atoms with van der Waals surface area (Å²) in [6.45, 7) is 0.964. The number of carbonyl (C=O) groups excluding carboxylic acids is 1. The quantitative estimate of drug-likeness (QED) is 0.721. The second-order valence-corrected chi connectivity index (χ2v) is 2.94. The first-order chi connectivity index (χ1) is 6.16. The van der Waals surface area contributed by atoms with Gasteiger partial charge in [0.2, 0.25) is 0 Å². The van der Waals surface area contributed by atoms with Crippen LogP contribution in [0.15, 0.2) is 24.3 Å². The second kappa shape index (κ2) is 4.14. The van der Waals surface area contributed by atoms with Crippen molar-refractivity contribution in [2.75, 3.05) is 0 Å². The van der Waals surface area contributed by atoms with E-state index in [9.17, 15) is 9.18 Å². The Labute approximate surface area is 76.6 Å². The number of hydrogen-bond acceptors (Lipinski definition) is 2. The van der Waals surface area contributed by atoms with Gasteiger partial charge in [-0.05, 0) is 12.5 Å². The topological polar surface area (TPSA) is 43.1 Å². The van der Waals surface area contributed by atoms with E-state index in [-0.39, 0.29) is 5.78 Å². The molecule has 0 aromatic heterocycles. The summed E-state index contributed by atoms with van der Waals surface area (Å²) < 4.78 is 12.4. The maximum Gasteiger partial charge on any atom is 0.179 e. The first-order valence-electron chi connectivity index (χ1n) is 4.10. The molecule has 1 aromatic carbocycles. The van der Waals surface area contributed by atoms with Gasteiger partial charge in [-0.3, -0.25) is 4.79 Å². The highest BCUT2D eigenvalue weighted by Gasteiger charge is 2.13. The minimum atomic E-state index is -0.630. The summed E-state index contributed by atoms with van der Waals surface area (Å²) >= 11 is 0. The molecule has 0 fully saturated rings. The maximum absolute atomic E-state index is 12.4. The molecule has 1 aromatic rings. The maximum atomic E-state index is 12.4. The smallest absolute Gasteiger partial charge is 0.179 e. The van der Waals surface area contributed by atoms with Crippen molar-refractivity contribution < 1.29 is 9.18 Å². The summed E-state index contributed by atoms with van der Waals surface area (Å²) in [5, 5.41) is 0. The van der Waals surface area contributed by atoms with Crippen molar-refractivity contribution in [3.05, 3.63) is 35.4 Å². The molecule has 2 N–H and O–H groups in total. The number of nitrogens with two attached hydrogens (primary N) is 1. The number of carbonyl (C=O) groups is 1. The van der Waals surface area contributed by atoms with Crippen molar-refractivity contribution >= 4 is 5.78 Å². The highest BCUT2D eigenvalue weighted by molar-refractivity contribution is 6.00. The Morgan fingerprint density at radius 2 is 2.15 bits per heavy atom. The van der Waals surface area contributed by atoms with Crippen LogP contribution < -0.4 is 5.73 Å². The van der Waals surface area contributed by atoms with E-state index >= 15 is 0 Å². The van der Waals surface area contributed by atoms with Crippen LogP contribution in [0.25, 0.3) is 0 Å². The number of hydrogen-bond donors (Lipinski definition) is 1. The highest BCUT2D eigenvalue weighted by Crippen LogP contribution is 2.11. The molecule has 0 amide bonds. The lowest BCUT2D eigenvalue weighted by Crippen LogP contribution is -2.27. The Bertz CT molecular complexity index is 310. The van der Waals surface area contributed by atoms with Crippen LogP contribution in [0.3, 0.4) is 0 Å². The number of halogens is 1. The summed E-state index contributed by atoms with van der Waals surface area (Å²) in [7, 11) is 0. The lowest BCUT2D eigenvalue weighted by molar-refractivity contribution is 0.0966. The van der Waals surface area contributed by atoms with Gasteiger partial charge in [-0.1, -0.05) is 24.3 Å². The third-order valence-corrected chi connectivity index (χ3v) is 1.84. The van der Waals surface area contributed by atoms with Gasteiger partial charge in [-0.2, -0.15) is 0 Å². The van der Waals surface area contributed by atoms with Crippen molar-refractivity contribution in [2.24, 2.45) is 5.73 Å². The fourth-order valence-corrected chi connectivity index (χ4v) is 1.12. The molecule has 13 heavy (non-hydrogen) atoms. The molecule has 0 unspecified atom stereocenters. The van der Waals surface area contributed by atoms with Crippen LogP contribution in [0, 0.1) is 0 Å². The summed E-state index contributed by atoms with van der Waals surface area (Å²) in [6.07, 6.45) is 0. The van der Waals surface area contributed by atoms with Gasteiger partial charge in [-0.15, -0.1) is 0 Å². The molecule has 3 heteroatoms. The van der Waals surface area contributed by atoms with Crippen LogP contribution in [-0.2, 0) is 6.67 Å². The van der Waals surface area contributed by atoms with Crippen molar-refractivity contribution in [1.29, 1.82) is 0 Å². The molecular weight excluding hydrogens is 169 g/mol. The van der Waals surface area contributed by atoms with Crippen LogP contribution >= 0.6 is 0 Å². The number of ketones is 1. The molecule has 0 saturated heterocycles. The SMILES string of the molecule is C[C@H](N)C(=O)c1ccccc1CF. The van der Waals surface area contributed by atoms with E-state index in [4.69, 9.17) is 5.73 Å². The molecule has 2 nitrogen and oxygen atoms in total. The van der Waals surface area contributed by atoms with E-state index in [2.05, 4.69) is 0 Å². The zero-order chi connectivity index (χ0) is 9.84. The number of alkyl halides is 1. The number of rotatable bonds is 3. The molecule has 0 heterocycles. The van der Waals surface area contributed by atoms with Crippen molar-refractivity contribution in [3.63, 3.8) is 0 Å². The van der Waals surface area contributed by atoms with Crippen molar-refractivity contribution in [2.45, 2.75) is 19.6 Å². The minimum Gasteiger partial charge on any atom is -0.321 e. The van der Waals surface area contributed by atoms with Crippen LogP contribution in [0.5, 0.6) is 0 Å². The van der Waals surface area contributed by atoms with Crippen molar-refractivity contribution in [3.8, 4) is 0 Å². The molecule has 0 radical (unpaired) electrons. The summed E-state index contributed by atoms with van der Waals surface area (Å²) in [4.78, 5) is 11.4. The predicted octanol–water partition coefficient (Wildman–Crippen LogP) is 1.69. The van der Waals surface area contributed by atoms with Gasteiger partial charge >= 0.3 is 0 Å². The molecule has 0 aliphatic heterocycles. The molecule has 0 bridgehead atoms. The third-order valence-electron chi connectivity index (χ3n) is 1.84. The highest BCUT2D eigenvalue weighted by atomic mass is 19.1. The van der Waals surface area contributed by atoms with Gasteiger partial charge in [0.1, 0.15) is 6.67 Å². The molecule has 70 valence electrons. The first-order valence-corrected chi connectivity index (χ1v) is 4.10. The van der Waals surface area contributed by atoms with Crippen LogP contribution in [-0.4, -0.2) is 11.8 Å². The Kier molecular flexibility index (Phi) is 3.14. The van der Waals surface area contributed by atoms with Crippen LogP contribution in [0.4, 0.5) is 4.39 Å². The molecule has 0 spiro atoms. The fraction of sp³-hybridized carbons (Fsp3) is 0.300. The monoisotopic (exact) mass is 181 g/mol. The Morgan fingerprint density at radius 3 is 2.69 bits per heavy atom.